The van der Waals surface area contributed by atoms with E-state index >= 15 is 0 Å². The maximum Gasteiger partial charge on any atom is 0.122 e. The topological polar surface area (TPSA) is 38.5 Å². The van der Waals surface area contributed by atoms with Crippen LogP contribution in [-0.2, 0) is 6.42 Å². The summed E-state index contributed by atoms with van der Waals surface area (Å²) in [7, 11) is 2.14. The van der Waals surface area contributed by atoms with Crippen molar-refractivity contribution in [3.8, 4) is 5.75 Å². The number of hydrogen-bond donors (Lipinski definition) is 1. The molecule has 0 radical (unpaired) electrons. The molecule has 2 N–H and O–H groups in total. The van der Waals surface area contributed by atoms with Crippen molar-refractivity contribution in [1.82, 2.24) is 0 Å². The first-order chi connectivity index (χ1) is 8.61. The average molecular weight is 248 g/mol. The quantitative estimate of drug-likeness (QED) is 0.869. The minimum Gasteiger partial charge on any atom is -0.493 e. The molecule has 0 spiro atoms. The van der Waals surface area contributed by atoms with Crippen LogP contribution < -0.4 is 15.4 Å². The SMILES string of the molecule is CC(C)C(CN)CN(C)c1ccc2c(c1)CCO2. The number of rotatable bonds is 5. The molecule has 1 heterocycles. The number of anilines is 1. The molecular weight excluding hydrogens is 224 g/mol. The van der Waals surface area contributed by atoms with Crippen LogP contribution >= 0.6 is 0 Å². The van der Waals surface area contributed by atoms with Gasteiger partial charge in [0.1, 0.15) is 5.75 Å². The Kier molecular flexibility index (Phi) is 4.12. The molecule has 1 aromatic carbocycles. The molecule has 2 rings (SSSR count). The summed E-state index contributed by atoms with van der Waals surface area (Å²) >= 11 is 0. The third kappa shape index (κ3) is 2.78. The van der Waals surface area contributed by atoms with Crippen LogP contribution in [0, 0.1) is 11.8 Å². The van der Waals surface area contributed by atoms with Crippen LogP contribution in [-0.4, -0.2) is 26.7 Å². The molecule has 0 saturated carbocycles. The largest absolute Gasteiger partial charge is 0.493 e. The highest BCUT2D eigenvalue weighted by atomic mass is 16.5. The van der Waals surface area contributed by atoms with E-state index in [1.54, 1.807) is 0 Å². The lowest BCUT2D eigenvalue weighted by Crippen LogP contribution is -2.33. The van der Waals surface area contributed by atoms with Crippen LogP contribution in [0.15, 0.2) is 18.2 Å². The monoisotopic (exact) mass is 248 g/mol. The van der Waals surface area contributed by atoms with E-state index in [0.29, 0.717) is 11.8 Å². The summed E-state index contributed by atoms with van der Waals surface area (Å²) in [5.74, 6) is 2.21. The molecule has 100 valence electrons. The fraction of sp³-hybridized carbons (Fsp3) is 0.600. The van der Waals surface area contributed by atoms with E-state index in [-0.39, 0.29) is 0 Å². The summed E-state index contributed by atoms with van der Waals surface area (Å²) in [6, 6.07) is 6.47. The van der Waals surface area contributed by atoms with Crippen molar-refractivity contribution in [3.63, 3.8) is 0 Å². The van der Waals surface area contributed by atoms with Gasteiger partial charge in [0, 0.05) is 25.7 Å². The predicted octanol–water partition coefficient (Wildman–Crippen LogP) is 2.29. The second-order valence-electron chi connectivity index (χ2n) is 5.51. The van der Waals surface area contributed by atoms with Crippen LogP contribution in [0.25, 0.3) is 0 Å². The van der Waals surface area contributed by atoms with E-state index in [2.05, 4.69) is 44.0 Å². The van der Waals surface area contributed by atoms with E-state index in [9.17, 15) is 0 Å². The first kappa shape index (κ1) is 13.2. The fourth-order valence-electron chi connectivity index (χ4n) is 2.43. The maximum atomic E-state index is 5.84. The second kappa shape index (κ2) is 5.61. The zero-order valence-electron chi connectivity index (χ0n) is 11.6. The van der Waals surface area contributed by atoms with Crippen LogP contribution in [0.4, 0.5) is 5.69 Å². The van der Waals surface area contributed by atoms with Crippen molar-refractivity contribution in [3.05, 3.63) is 23.8 Å². The van der Waals surface area contributed by atoms with Crippen molar-refractivity contribution < 1.29 is 4.74 Å². The Bertz CT molecular complexity index is 403. The first-order valence-corrected chi connectivity index (χ1v) is 6.78. The Labute approximate surface area is 110 Å². The molecular formula is C15H24N2O. The maximum absolute atomic E-state index is 5.84. The smallest absolute Gasteiger partial charge is 0.122 e. The van der Waals surface area contributed by atoms with Gasteiger partial charge in [0.25, 0.3) is 0 Å². The van der Waals surface area contributed by atoms with Crippen molar-refractivity contribution in [2.24, 2.45) is 17.6 Å². The van der Waals surface area contributed by atoms with Gasteiger partial charge in [-0.25, -0.2) is 0 Å². The Morgan fingerprint density at radius 1 is 1.39 bits per heavy atom. The lowest BCUT2D eigenvalue weighted by Gasteiger charge is -2.27. The number of nitrogens with two attached hydrogens (primary N) is 1. The van der Waals surface area contributed by atoms with Gasteiger partial charge in [-0.1, -0.05) is 13.8 Å². The minimum absolute atomic E-state index is 0.541. The number of nitrogens with zero attached hydrogens (tertiary/aromatic N) is 1. The Hall–Kier alpha value is -1.22. The van der Waals surface area contributed by atoms with E-state index in [4.69, 9.17) is 10.5 Å². The van der Waals surface area contributed by atoms with Gasteiger partial charge in [-0.05, 0) is 42.1 Å². The van der Waals surface area contributed by atoms with E-state index in [1.807, 2.05) is 0 Å². The first-order valence-electron chi connectivity index (χ1n) is 6.78. The standard InChI is InChI=1S/C15H24N2O/c1-11(2)13(9-16)10-17(3)14-4-5-15-12(8-14)6-7-18-15/h4-5,8,11,13H,6-7,9-10,16H2,1-3H3. The van der Waals surface area contributed by atoms with Gasteiger partial charge < -0.3 is 15.4 Å². The lowest BCUT2D eigenvalue weighted by atomic mass is 9.95. The van der Waals surface area contributed by atoms with Crippen molar-refractivity contribution in [2.45, 2.75) is 20.3 Å². The van der Waals surface area contributed by atoms with Gasteiger partial charge in [-0.2, -0.15) is 0 Å². The fourth-order valence-corrected chi connectivity index (χ4v) is 2.43. The highest BCUT2D eigenvalue weighted by molar-refractivity contribution is 5.53. The van der Waals surface area contributed by atoms with Crippen LogP contribution in [0.5, 0.6) is 5.75 Å². The third-order valence-corrected chi connectivity index (χ3v) is 3.87. The number of hydrogen-bond acceptors (Lipinski definition) is 3. The summed E-state index contributed by atoms with van der Waals surface area (Å²) < 4.78 is 5.54. The third-order valence-electron chi connectivity index (χ3n) is 3.87. The van der Waals surface area contributed by atoms with E-state index < -0.39 is 0 Å². The molecule has 1 aliphatic heterocycles. The number of fused-ring (bicyclic) bond motifs is 1. The summed E-state index contributed by atoms with van der Waals surface area (Å²) in [6.07, 6.45) is 1.03. The average Bonchev–Trinajstić information content (AvgIpc) is 2.82. The lowest BCUT2D eigenvalue weighted by molar-refractivity contribution is 0.357. The normalized spacial score (nSPS) is 15.4. The van der Waals surface area contributed by atoms with Gasteiger partial charge in [-0.15, -0.1) is 0 Å². The predicted molar refractivity (Wildman–Crippen MR) is 76.3 cm³/mol. The Morgan fingerprint density at radius 3 is 2.83 bits per heavy atom. The van der Waals surface area contributed by atoms with Crippen molar-refractivity contribution in [2.75, 3.05) is 31.6 Å². The molecule has 0 aliphatic carbocycles. The summed E-state index contributed by atoms with van der Waals surface area (Å²) in [5, 5.41) is 0. The molecule has 0 saturated heterocycles. The highest BCUT2D eigenvalue weighted by Crippen LogP contribution is 2.29. The molecule has 1 aliphatic rings. The highest BCUT2D eigenvalue weighted by Gasteiger charge is 2.17. The molecule has 3 nitrogen and oxygen atoms in total. The Balaban J connectivity index is 2.06. The molecule has 0 amide bonds. The zero-order valence-corrected chi connectivity index (χ0v) is 11.6. The minimum atomic E-state index is 0.541. The summed E-state index contributed by atoms with van der Waals surface area (Å²) in [4.78, 5) is 2.30. The van der Waals surface area contributed by atoms with Crippen LogP contribution in [0.2, 0.25) is 0 Å². The molecule has 18 heavy (non-hydrogen) atoms. The number of ether oxygens (including phenoxy) is 1. The Morgan fingerprint density at radius 2 is 2.17 bits per heavy atom. The molecule has 3 heteroatoms. The molecule has 0 bridgehead atoms. The van der Waals surface area contributed by atoms with Gasteiger partial charge in [-0.3, -0.25) is 0 Å². The molecule has 1 unspecified atom stereocenters. The van der Waals surface area contributed by atoms with Gasteiger partial charge in [0.15, 0.2) is 0 Å². The van der Waals surface area contributed by atoms with Crippen molar-refractivity contribution >= 4 is 5.69 Å². The zero-order chi connectivity index (χ0) is 13.1. The molecule has 1 atom stereocenters. The van der Waals surface area contributed by atoms with Crippen LogP contribution in [0.1, 0.15) is 19.4 Å². The molecule has 1 aromatic rings. The summed E-state index contributed by atoms with van der Waals surface area (Å²) in [6.45, 7) is 7.05. The van der Waals surface area contributed by atoms with Gasteiger partial charge in [0.05, 0.1) is 6.61 Å². The van der Waals surface area contributed by atoms with E-state index in [0.717, 1.165) is 31.9 Å². The summed E-state index contributed by atoms with van der Waals surface area (Å²) in [5.41, 5.74) is 8.43. The van der Waals surface area contributed by atoms with Gasteiger partial charge in [0.2, 0.25) is 0 Å². The van der Waals surface area contributed by atoms with Crippen molar-refractivity contribution in [1.29, 1.82) is 0 Å². The van der Waals surface area contributed by atoms with Crippen LogP contribution in [0.3, 0.4) is 0 Å². The van der Waals surface area contributed by atoms with E-state index in [1.165, 1.54) is 11.3 Å². The molecule has 0 fully saturated rings. The second-order valence-corrected chi connectivity index (χ2v) is 5.51. The molecule has 0 aromatic heterocycles. The van der Waals surface area contributed by atoms with Gasteiger partial charge >= 0.3 is 0 Å². The number of benzene rings is 1.